The molecule has 0 fully saturated rings. The molecule has 0 bridgehead atoms. The van der Waals surface area contributed by atoms with Gasteiger partial charge in [-0.2, -0.15) is 0 Å². The summed E-state index contributed by atoms with van der Waals surface area (Å²) in [5.41, 5.74) is 1.09. The lowest BCUT2D eigenvalue weighted by Crippen LogP contribution is -2.39. The maximum absolute atomic E-state index is 12.3. The molecule has 4 nitrogen and oxygen atoms in total. The molecule has 0 N–H and O–H groups in total. The molecular formula is C19H23NO3. The molecule has 2 rings (SSSR count). The molecule has 1 atom stereocenters. The number of benzene rings is 2. The van der Waals surface area contributed by atoms with E-state index in [-0.39, 0.29) is 5.91 Å². The zero-order chi connectivity index (χ0) is 16.7. The lowest BCUT2D eigenvalue weighted by molar-refractivity contribution is -0.136. The Morgan fingerprint density at radius 3 is 2.43 bits per heavy atom. The molecule has 4 heteroatoms. The molecular weight excluding hydrogens is 290 g/mol. The van der Waals surface area contributed by atoms with Gasteiger partial charge in [0, 0.05) is 7.05 Å². The topological polar surface area (TPSA) is 38.8 Å². The van der Waals surface area contributed by atoms with Crippen LogP contribution in [0.4, 0.5) is 0 Å². The first-order chi connectivity index (χ1) is 11.1. The van der Waals surface area contributed by atoms with Crippen molar-refractivity contribution in [1.82, 2.24) is 4.90 Å². The minimum Gasteiger partial charge on any atom is -0.491 e. The number of likely N-dealkylation sites (N-methyl/N-ethyl adjacent to an activating group) is 1. The van der Waals surface area contributed by atoms with Crippen LogP contribution in [0.15, 0.2) is 54.6 Å². The van der Waals surface area contributed by atoms with Crippen LogP contribution in [0.1, 0.15) is 12.5 Å². The minimum absolute atomic E-state index is 0.0674. The fourth-order valence-corrected chi connectivity index (χ4v) is 2.19. The van der Waals surface area contributed by atoms with Gasteiger partial charge in [0.1, 0.15) is 18.1 Å². The summed E-state index contributed by atoms with van der Waals surface area (Å²) in [6.07, 6.45) is -0.527. The third-order valence-electron chi connectivity index (χ3n) is 3.56. The molecule has 122 valence electrons. The van der Waals surface area contributed by atoms with Crippen molar-refractivity contribution in [2.75, 3.05) is 20.2 Å². The Kier molecular flexibility index (Phi) is 6.03. The van der Waals surface area contributed by atoms with Crippen molar-refractivity contribution in [3.05, 3.63) is 60.2 Å². The quantitative estimate of drug-likeness (QED) is 0.787. The number of rotatable bonds is 7. The molecule has 0 aromatic heterocycles. The van der Waals surface area contributed by atoms with Gasteiger partial charge < -0.3 is 14.4 Å². The van der Waals surface area contributed by atoms with Crippen molar-refractivity contribution in [3.63, 3.8) is 0 Å². The van der Waals surface area contributed by atoms with E-state index in [1.165, 1.54) is 0 Å². The summed E-state index contributed by atoms with van der Waals surface area (Å²) in [6.45, 7) is 4.72. The van der Waals surface area contributed by atoms with Gasteiger partial charge in [-0.25, -0.2) is 0 Å². The van der Waals surface area contributed by atoms with Gasteiger partial charge in [0.15, 0.2) is 6.10 Å². The van der Waals surface area contributed by atoms with Crippen LogP contribution >= 0.6 is 0 Å². The van der Waals surface area contributed by atoms with E-state index in [1.807, 2.05) is 61.5 Å². The first-order valence-corrected chi connectivity index (χ1v) is 7.73. The van der Waals surface area contributed by atoms with Crippen LogP contribution < -0.4 is 9.47 Å². The number of nitrogens with zero attached hydrogens (tertiary/aromatic N) is 1. The van der Waals surface area contributed by atoms with E-state index in [0.29, 0.717) is 18.9 Å². The van der Waals surface area contributed by atoms with E-state index in [4.69, 9.17) is 9.47 Å². The van der Waals surface area contributed by atoms with E-state index >= 15 is 0 Å². The fourth-order valence-electron chi connectivity index (χ4n) is 2.19. The van der Waals surface area contributed by atoms with E-state index in [0.717, 1.165) is 11.3 Å². The molecule has 0 spiro atoms. The normalized spacial score (nSPS) is 11.6. The predicted molar refractivity (Wildman–Crippen MR) is 90.8 cm³/mol. The molecule has 1 unspecified atom stereocenters. The van der Waals surface area contributed by atoms with Crippen LogP contribution in [0.2, 0.25) is 0 Å². The summed E-state index contributed by atoms with van der Waals surface area (Å²) in [6, 6.07) is 17.2. The van der Waals surface area contributed by atoms with Gasteiger partial charge in [0.05, 0.1) is 6.54 Å². The lowest BCUT2D eigenvalue weighted by Gasteiger charge is -2.22. The van der Waals surface area contributed by atoms with Gasteiger partial charge in [-0.15, -0.1) is 0 Å². The van der Waals surface area contributed by atoms with Crippen LogP contribution in [0.25, 0.3) is 0 Å². The molecule has 1 amide bonds. The van der Waals surface area contributed by atoms with Crippen molar-refractivity contribution in [1.29, 1.82) is 0 Å². The van der Waals surface area contributed by atoms with Crippen LogP contribution in [0.3, 0.4) is 0 Å². The van der Waals surface area contributed by atoms with Crippen LogP contribution in [-0.2, 0) is 4.79 Å². The van der Waals surface area contributed by atoms with Crippen molar-refractivity contribution in [2.24, 2.45) is 0 Å². The monoisotopic (exact) mass is 313 g/mol. The number of hydrogen-bond acceptors (Lipinski definition) is 3. The summed E-state index contributed by atoms with van der Waals surface area (Å²) in [7, 11) is 1.76. The van der Waals surface area contributed by atoms with Crippen molar-refractivity contribution < 1.29 is 14.3 Å². The SMILES string of the molecule is Cc1ccccc1OCCN(C)C(=O)C(C)Oc1ccccc1. The fraction of sp³-hybridized carbons (Fsp3) is 0.316. The zero-order valence-electron chi connectivity index (χ0n) is 13.9. The Labute approximate surface area is 137 Å². The van der Waals surface area contributed by atoms with E-state index in [1.54, 1.807) is 18.9 Å². The van der Waals surface area contributed by atoms with Gasteiger partial charge in [-0.05, 0) is 37.6 Å². The highest BCUT2D eigenvalue weighted by Gasteiger charge is 2.19. The second kappa shape index (κ2) is 8.22. The average molecular weight is 313 g/mol. The highest BCUT2D eigenvalue weighted by atomic mass is 16.5. The smallest absolute Gasteiger partial charge is 0.263 e. The van der Waals surface area contributed by atoms with Crippen LogP contribution in [-0.4, -0.2) is 37.1 Å². The predicted octanol–water partition coefficient (Wildman–Crippen LogP) is 3.30. The Balaban J connectivity index is 1.79. The standard InChI is InChI=1S/C19H23NO3/c1-15-9-7-8-12-18(15)22-14-13-20(3)19(21)16(2)23-17-10-5-4-6-11-17/h4-12,16H,13-14H2,1-3H3. The molecule has 0 aliphatic carbocycles. The Hall–Kier alpha value is -2.49. The van der Waals surface area contributed by atoms with Crippen molar-refractivity contribution in [3.8, 4) is 11.5 Å². The maximum atomic E-state index is 12.3. The van der Waals surface area contributed by atoms with E-state index < -0.39 is 6.10 Å². The first kappa shape index (κ1) is 16.9. The first-order valence-electron chi connectivity index (χ1n) is 7.73. The third kappa shape index (κ3) is 5.02. The lowest BCUT2D eigenvalue weighted by atomic mass is 10.2. The minimum atomic E-state index is -0.527. The van der Waals surface area contributed by atoms with Gasteiger partial charge in [-0.3, -0.25) is 4.79 Å². The Morgan fingerprint density at radius 2 is 1.74 bits per heavy atom. The summed E-state index contributed by atoms with van der Waals surface area (Å²) >= 11 is 0. The zero-order valence-corrected chi connectivity index (χ0v) is 13.9. The maximum Gasteiger partial charge on any atom is 0.263 e. The number of ether oxygens (including phenoxy) is 2. The van der Waals surface area contributed by atoms with Crippen molar-refractivity contribution >= 4 is 5.91 Å². The van der Waals surface area contributed by atoms with Gasteiger partial charge in [0.2, 0.25) is 0 Å². The molecule has 0 aliphatic heterocycles. The van der Waals surface area contributed by atoms with E-state index in [2.05, 4.69) is 0 Å². The second-order valence-corrected chi connectivity index (χ2v) is 5.45. The van der Waals surface area contributed by atoms with Gasteiger partial charge in [0.25, 0.3) is 5.91 Å². The molecule has 0 radical (unpaired) electrons. The highest BCUT2D eigenvalue weighted by molar-refractivity contribution is 5.80. The van der Waals surface area contributed by atoms with Crippen LogP contribution in [0, 0.1) is 6.92 Å². The number of para-hydroxylation sites is 2. The molecule has 0 saturated heterocycles. The third-order valence-corrected chi connectivity index (χ3v) is 3.56. The average Bonchev–Trinajstić information content (AvgIpc) is 2.56. The Bertz CT molecular complexity index is 628. The summed E-state index contributed by atoms with van der Waals surface area (Å²) in [4.78, 5) is 13.9. The number of carbonyl (C=O) groups excluding carboxylic acids is 1. The van der Waals surface area contributed by atoms with Crippen LogP contribution in [0.5, 0.6) is 11.5 Å². The van der Waals surface area contributed by atoms with E-state index in [9.17, 15) is 4.79 Å². The second-order valence-electron chi connectivity index (χ2n) is 5.45. The largest absolute Gasteiger partial charge is 0.491 e. The molecule has 2 aromatic carbocycles. The summed E-state index contributed by atoms with van der Waals surface area (Å²) in [5, 5.41) is 0. The molecule has 0 heterocycles. The summed E-state index contributed by atoms with van der Waals surface area (Å²) in [5.74, 6) is 1.47. The molecule has 0 aliphatic rings. The molecule has 2 aromatic rings. The molecule has 23 heavy (non-hydrogen) atoms. The number of hydrogen-bond donors (Lipinski definition) is 0. The number of carbonyl (C=O) groups is 1. The number of aryl methyl sites for hydroxylation is 1. The highest BCUT2D eigenvalue weighted by Crippen LogP contribution is 2.16. The van der Waals surface area contributed by atoms with Gasteiger partial charge in [-0.1, -0.05) is 36.4 Å². The van der Waals surface area contributed by atoms with Gasteiger partial charge >= 0.3 is 0 Å². The Morgan fingerprint density at radius 1 is 1.09 bits per heavy atom. The summed E-state index contributed by atoms with van der Waals surface area (Å²) < 4.78 is 11.4. The van der Waals surface area contributed by atoms with Crippen molar-refractivity contribution in [2.45, 2.75) is 20.0 Å². The number of amides is 1. The molecule has 0 saturated carbocycles.